The summed E-state index contributed by atoms with van der Waals surface area (Å²) in [6, 6.07) is 27.8. The Bertz CT molecular complexity index is 1250. The molecule has 0 aliphatic rings. The van der Waals surface area contributed by atoms with Crippen molar-refractivity contribution in [3.8, 4) is 28.0 Å². The number of hydrogen-bond acceptors (Lipinski definition) is 1. The van der Waals surface area contributed by atoms with Gasteiger partial charge in [-0.2, -0.15) is 0 Å². The van der Waals surface area contributed by atoms with Crippen molar-refractivity contribution >= 4 is 12.2 Å². The molecule has 4 rings (SSSR count). The molecule has 0 heterocycles. The predicted octanol–water partition coefficient (Wildman–Crippen LogP) is 13.3. The van der Waals surface area contributed by atoms with Gasteiger partial charge in [-0.15, -0.1) is 0 Å². The van der Waals surface area contributed by atoms with Crippen molar-refractivity contribution in [2.24, 2.45) is 0 Å². The van der Waals surface area contributed by atoms with E-state index in [1.165, 1.54) is 33.4 Å². The van der Waals surface area contributed by atoms with Crippen LogP contribution in [0.3, 0.4) is 0 Å². The van der Waals surface area contributed by atoms with Gasteiger partial charge in [0.15, 0.2) is 0 Å². The van der Waals surface area contributed by atoms with Crippen molar-refractivity contribution in [3.05, 3.63) is 112 Å². The van der Waals surface area contributed by atoms with Crippen molar-refractivity contribution in [2.45, 2.75) is 96.9 Å². The predicted molar refractivity (Wildman–Crippen MR) is 190 cm³/mol. The molecule has 0 unspecified atom stereocenters. The fourth-order valence-corrected chi connectivity index (χ4v) is 3.88. The van der Waals surface area contributed by atoms with Crippen molar-refractivity contribution in [1.82, 2.24) is 0 Å². The van der Waals surface area contributed by atoms with Crippen LogP contribution >= 0.6 is 0 Å². The van der Waals surface area contributed by atoms with Crippen LogP contribution in [0.15, 0.2) is 78.9 Å². The first kappa shape index (κ1) is 43.6. The van der Waals surface area contributed by atoms with Crippen molar-refractivity contribution in [1.29, 1.82) is 0 Å². The molecule has 1 N–H and O–H groups in total. The first-order valence-electron chi connectivity index (χ1n) is 15.7. The third-order valence-corrected chi connectivity index (χ3v) is 6.09. The van der Waals surface area contributed by atoms with E-state index in [0.717, 1.165) is 22.3 Å². The van der Waals surface area contributed by atoms with E-state index in [9.17, 15) is 5.11 Å². The summed E-state index contributed by atoms with van der Waals surface area (Å²) < 4.78 is 0. The van der Waals surface area contributed by atoms with Crippen LogP contribution in [0, 0.1) is 27.7 Å². The minimum atomic E-state index is 0. The molecule has 4 aromatic rings. The number of aromatic hydroxyl groups is 1. The van der Waals surface area contributed by atoms with Crippen molar-refractivity contribution < 1.29 is 26.2 Å². The summed E-state index contributed by atoms with van der Waals surface area (Å²) in [5.74, 6) is 0.350. The van der Waals surface area contributed by atoms with Crippen LogP contribution in [0.1, 0.15) is 103 Å². The number of rotatable bonds is 4. The van der Waals surface area contributed by atoms with Gasteiger partial charge in [0.1, 0.15) is 5.75 Å². The third kappa shape index (κ3) is 13.4. The van der Waals surface area contributed by atoms with Gasteiger partial charge in [-0.3, -0.25) is 0 Å². The third-order valence-electron chi connectivity index (χ3n) is 6.09. The molecule has 0 saturated carbocycles. The molecule has 0 aliphatic heterocycles. The molecule has 1 nitrogen and oxygen atoms in total. The molecule has 0 bridgehead atoms. The zero-order valence-electron chi connectivity index (χ0n) is 29.0. The summed E-state index contributed by atoms with van der Waals surface area (Å²) in [4.78, 5) is 0. The Hall–Kier alpha value is -2.89. The van der Waals surface area contributed by atoms with Gasteiger partial charge < -0.3 is 5.11 Å². The van der Waals surface area contributed by atoms with Gasteiger partial charge >= 0.3 is 0 Å². The molecule has 0 aliphatic carbocycles. The Kier molecular flexibility index (Phi) is 26.7. The van der Waals surface area contributed by atoms with E-state index >= 15 is 0 Å². The molecule has 230 valence electrons. The van der Waals surface area contributed by atoms with Crippen LogP contribution in [0.2, 0.25) is 0 Å². The van der Waals surface area contributed by atoms with Crippen molar-refractivity contribution in [3.63, 3.8) is 0 Å². The van der Waals surface area contributed by atoms with Crippen molar-refractivity contribution in [2.75, 3.05) is 0 Å². The second-order valence-electron chi connectivity index (χ2n) is 8.27. The molecule has 4 aromatic carbocycles. The molecular weight excluding hydrogens is 680 g/mol. The normalized spacial score (nSPS) is 9.00. The van der Waals surface area contributed by atoms with Gasteiger partial charge in [0.05, 0.1) is 0 Å². The zero-order valence-corrected chi connectivity index (χ0v) is 31.9. The van der Waals surface area contributed by atoms with Gasteiger partial charge in [-0.25, -0.2) is 0 Å². The molecule has 0 radical (unpaired) electrons. The maximum absolute atomic E-state index is 9.84. The molecule has 0 amide bonds. The second kappa shape index (κ2) is 25.8. The van der Waals surface area contributed by atoms with Gasteiger partial charge in [-0.05, 0) is 83.8 Å². The van der Waals surface area contributed by atoms with Gasteiger partial charge in [0.25, 0.3) is 0 Å². The van der Waals surface area contributed by atoms with Gasteiger partial charge in [-0.1, -0.05) is 160 Å². The summed E-state index contributed by atoms with van der Waals surface area (Å²) in [5, 5.41) is 9.84. The number of benzene rings is 4. The van der Waals surface area contributed by atoms with Crippen LogP contribution in [0.5, 0.6) is 5.75 Å². The Balaban J connectivity index is -0.00000125. The first-order chi connectivity index (χ1) is 19.9. The van der Waals surface area contributed by atoms with Crippen LogP contribution in [-0.2, 0) is 21.1 Å². The maximum atomic E-state index is 9.84. The molecular formula is C40H58OW. The summed E-state index contributed by atoms with van der Waals surface area (Å²) >= 11 is 0. The summed E-state index contributed by atoms with van der Waals surface area (Å²) in [6.07, 6.45) is 4.23. The number of phenols is 1. The SMILES string of the molecule is CC.CC.CC.CC.CC.Cc1ccc(-c2ccc(-c3ccc(/C=C/c4ccc(O)c(C)c4C)cc3)cc2C)cc1.[W]. The van der Waals surface area contributed by atoms with E-state index in [-0.39, 0.29) is 21.1 Å². The van der Waals surface area contributed by atoms with Crippen LogP contribution < -0.4 is 0 Å². The molecule has 0 saturated heterocycles. The smallest absolute Gasteiger partial charge is 0.118 e. The number of phenolic OH excluding ortho intramolecular Hbond substituents is 1. The van der Waals surface area contributed by atoms with Gasteiger partial charge in [0, 0.05) is 21.1 Å². The Labute approximate surface area is 274 Å². The molecule has 42 heavy (non-hydrogen) atoms. The van der Waals surface area contributed by atoms with E-state index in [0.29, 0.717) is 5.75 Å². The monoisotopic (exact) mass is 738 g/mol. The molecule has 0 aromatic heterocycles. The number of hydrogen-bond donors (Lipinski definition) is 1. The van der Waals surface area contributed by atoms with E-state index in [4.69, 9.17) is 0 Å². The molecule has 0 atom stereocenters. The quantitative estimate of drug-likeness (QED) is 0.207. The van der Waals surface area contributed by atoms with E-state index in [1.807, 2.05) is 89.2 Å². The Morgan fingerprint density at radius 3 is 1.45 bits per heavy atom. The molecule has 0 spiro atoms. The van der Waals surface area contributed by atoms with Crippen LogP contribution in [-0.4, -0.2) is 5.11 Å². The second-order valence-corrected chi connectivity index (χ2v) is 8.27. The Morgan fingerprint density at radius 1 is 0.476 bits per heavy atom. The maximum Gasteiger partial charge on any atom is 0.118 e. The number of aryl methyl sites for hydroxylation is 2. The zero-order chi connectivity index (χ0) is 32.0. The summed E-state index contributed by atoms with van der Waals surface area (Å²) in [6.45, 7) is 28.3. The van der Waals surface area contributed by atoms with E-state index < -0.39 is 0 Å². The Morgan fingerprint density at radius 2 is 0.952 bits per heavy atom. The van der Waals surface area contributed by atoms with Crippen LogP contribution in [0.4, 0.5) is 0 Å². The fourth-order valence-electron chi connectivity index (χ4n) is 3.88. The summed E-state index contributed by atoms with van der Waals surface area (Å²) in [5.41, 5.74) is 11.9. The molecule has 0 fully saturated rings. The minimum Gasteiger partial charge on any atom is -0.508 e. The van der Waals surface area contributed by atoms with Crippen LogP contribution in [0.25, 0.3) is 34.4 Å². The average Bonchev–Trinajstić information content (AvgIpc) is 3.05. The standard InChI is InChI=1S/C30H28O.5C2H6.W/c1-20-5-10-27(11-6-20)29-17-15-28(19-21(29)2)26-13-8-24(9-14-26)7-12-25-16-18-30(31)23(4)22(25)3;5*1-2;/h5-19,31H,1-4H3;5*1-2H3;/b12-7+;;;;;;. The van der Waals surface area contributed by atoms with E-state index in [2.05, 4.69) is 92.7 Å². The average molecular weight is 739 g/mol. The topological polar surface area (TPSA) is 20.2 Å². The molecule has 2 heteroatoms. The fraction of sp³-hybridized carbons (Fsp3) is 0.350. The largest absolute Gasteiger partial charge is 0.508 e. The van der Waals surface area contributed by atoms with E-state index in [1.54, 1.807) is 6.07 Å². The first-order valence-corrected chi connectivity index (χ1v) is 15.7. The summed E-state index contributed by atoms with van der Waals surface area (Å²) in [7, 11) is 0. The van der Waals surface area contributed by atoms with Gasteiger partial charge in [0.2, 0.25) is 0 Å². The minimum absolute atomic E-state index is 0.